The van der Waals surface area contributed by atoms with Gasteiger partial charge in [-0.3, -0.25) is 0 Å². The Morgan fingerprint density at radius 1 is 1.22 bits per heavy atom. The summed E-state index contributed by atoms with van der Waals surface area (Å²) in [5.74, 6) is 0.914. The normalized spacial score (nSPS) is 34.0. The molecular formula is C7H16N2. The number of hydrogen-bond donors (Lipinski definition) is 0. The molecule has 0 N–H and O–H groups in total. The molecule has 0 aromatic carbocycles. The zero-order valence-corrected chi connectivity index (χ0v) is 6.76. The van der Waals surface area contributed by atoms with Crippen LogP contribution in [0, 0.1) is 5.92 Å². The van der Waals surface area contributed by atoms with Gasteiger partial charge < -0.3 is 0 Å². The fourth-order valence-corrected chi connectivity index (χ4v) is 1.12. The molecule has 1 aliphatic carbocycles. The zero-order chi connectivity index (χ0) is 7.02. The second-order valence-electron chi connectivity index (χ2n) is 3.20. The number of rotatable bonds is 2. The summed E-state index contributed by atoms with van der Waals surface area (Å²) in [6.07, 6.45) is 1.37. The average Bonchev–Trinajstić information content (AvgIpc) is 2.44. The molecule has 2 heteroatoms. The summed E-state index contributed by atoms with van der Waals surface area (Å²) in [6.45, 7) is 2.30. The van der Waals surface area contributed by atoms with E-state index in [4.69, 9.17) is 0 Å². The Kier molecular flexibility index (Phi) is 1.78. The minimum Gasteiger partial charge on any atom is -0.248 e. The zero-order valence-electron chi connectivity index (χ0n) is 6.76. The van der Waals surface area contributed by atoms with Gasteiger partial charge in [0.2, 0.25) is 0 Å². The number of hydrazine groups is 1. The van der Waals surface area contributed by atoms with E-state index in [2.05, 4.69) is 38.1 Å². The van der Waals surface area contributed by atoms with Crippen molar-refractivity contribution >= 4 is 0 Å². The fraction of sp³-hybridized carbons (Fsp3) is 1.00. The third kappa shape index (κ3) is 1.43. The van der Waals surface area contributed by atoms with Crippen LogP contribution in [0.15, 0.2) is 0 Å². The minimum absolute atomic E-state index is 0.819. The quantitative estimate of drug-likeness (QED) is 0.508. The molecule has 1 saturated carbocycles. The lowest BCUT2D eigenvalue weighted by molar-refractivity contribution is 0.0424. The molecule has 0 radical (unpaired) electrons. The van der Waals surface area contributed by atoms with Gasteiger partial charge in [0.25, 0.3) is 0 Å². The Bertz CT molecular complexity index is 101. The molecule has 0 spiro atoms. The first-order chi connectivity index (χ1) is 4.13. The van der Waals surface area contributed by atoms with Gasteiger partial charge in [-0.1, -0.05) is 6.92 Å². The van der Waals surface area contributed by atoms with Crippen LogP contribution in [0.3, 0.4) is 0 Å². The molecular weight excluding hydrogens is 112 g/mol. The van der Waals surface area contributed by atoms with Crippen LogP contribution in [0.25, 0.3) is 0 Å². The van der Waals surface area contributed by atoms with Crippen LogP contribution >= 0.6 is 0 Å². The van der Waals surface area contributed by atoms with Crippen molar-refractivity contribution < 1.29 is 0 Å². The van der Waals surface area contributed by atoms with Gasteiger partial charge in [0.1, 0.15) is 0 Å². The monoisotopic (exact) mass is 128 g/mol. The van der Waals surface area contributed by atoms with E-state index in [-0.39, 0.29) is 0 Å². The maximum absolute atomic E-state index is 2.30. The standard InChI is InChI=1S/C7H16N2/c1-6-5-7(6)9(4)8(2)3/h6-7H,5H2,1-4H3. The second-order valence-corrected chi connectivity index (χ2v) is 3.20. The van der Waals surface area contributed by atoms with Crippen molar-refractivity contribution in [1.29, 1.82) is 0 Å². The molecule has 0 aliphatic heterocycles. The predicted molar refractivity (Wildman–Crippen MR) is 39.0 cm³/mol. The first-order valence-corrected chi connectivity index (χ1v) is 3.53. The lowest BCUT2D eigenvalue weighted by atomic mass is 10.5. The SMILES string of the molecule is CC1CC1N(C)N(C)C. The van der Waals surface area contributed by atoms with Crippen LogP contribution in [0.5, 0.6) is 0 Å². The summed E-state index contributed by atoms with van der Waals surface area (Å²) in [4.78, 5) is 0. The third-order valence-electron chi connectivity index (χ3n) is 2.18. The highest BCUT2D eigenvalue weighted by molar-refractivity contribution is 4.88. The second kappa shape index (κ2) is 2.27. The van der Waals surface area contributed by atoms with Crippen LogP contribution in [-0.2, 0) is 0 Å². The van der Waals surface area contributed by atoms with Crippen LogP contribution in [0.1, 0.15) is 13.3 Å². The van der Waals surface area contributed by atoms with Crippen molar-refractivity contribution in [3.63, 3.8) is 0 Å². The van der Waals surface area contributed by atoms with Crippen molar-refractivity contribution in [2.75, 3.05) is 21.1 Å². The summed E-state index contributed by atoms with van der Waals surface area (Å²) in [7, 11) is 6.32. The smallest absolute Gasteiger partial charge is 0.0271 e. The van der Waals surface area contributed by atoms with Crippen LogP contribution < -0.4 is 0 Å². The Labute approximate surface area is 57.4 Å². The lowest BCUT2D eigenvalue weighted by Gasteiger charge is -2.23. The molecule has 1 rings (SSSR count). The molecule has 2 atom stereocenters. The number of hydrogen-bond acceptors (Lipinski definition) is 2. The van der Waals surface area contributed by atoms with Crippen molar-refractivity contribution in [1.82, 2.24) is 10.0 Å². The van der Waals surface area contributed by atoms with Gasteiger partial charge in [-0.25, -0.2) is 10.0 Å². The maximum atomic E-state index is 2.30. The van der Waals surface area contributed by atoms with Crippen molar-refractivity contribution in [2.24, 2.45) is 5.92 Å². The Hall–Kier alpha value is -0.0800. The minimum atomic E-state index is 0.819. The van der Waals surface area contributed by atoms with E-state index in [1.54, 1.807) is 0 Å². The topological polar surface area (TPSA) is 6.48 Å². The predicted octanol–water partition coefficient (Wildman–Crippen LogP) is 0.803. The van der Waals surface area contributed by atoms with E-state index in [0.717, 1.165) is 12.0 Å². The molecule has 9 heavy (non-hydrogen) atoms. The molecule has 0 aromatic heterocycles. The molecule has 2 nitrogen and oxygen atoms in total. The molecule has 1 aliphatic rings. The Morgan fingerprint density at radius 3 is 1.78 bits per heavy atom. The summed E-state index contributed by atoms with van der Waals surface area (Å²) in [5, 5.41) is 4.44. The van der Waals surface area contributed by atoms with E-state index in [1.807, 2.05) is 0 Å². The van der Waals surface area contributed by atoms with Gasteiger partial charge in [0, 0.05) is 27.2 Å². The van der Waals surface area contributed by atoms with E-state index < -0.39 is 0 Å². The summed E-state index contributed by atoms with van der Waals surface area (Å²) >= 11 is 0. The van der Waals surface area contributed by atoms with Crippen molar-refractivity contribution in [3.05, 3.63) is 0 Å². The molecule has 0 amide bonds. The van der Waals surface area contributed by atoms with Crippen LogP contribution in [-0.4, -0.2) is 37.2 Å². The largest absolute Gasteiger partial charge is 0.248 e. The van der Waals surface area contributed by atoms with E-state index in [1.165, 1.54) is 6.42 Å². The molecule has 2 unspecified atom stereocenters. The van der Waals surface area contributed by atoms with Crippen LogP contribution in [0.4, 0.5) is 0 Å². The Morgan fingerprint density at radius 2 is 1.67 bits per heavy atom. The van der Waals surface area contributed by atoms with Gasteiger partial charge in [0.05, 0.1) is 0 Å². The van der Waals surface area contributed by atoms with E-state index in [0.29, 0.717) is 0 Å². The van der Waals surface area contributed by atoms with Gasteiger partial charge in [0.15, 0.2) is 0 Å². The highest BCUT2D eigenvalue weighted by Crippen LogP contribution is 2.33. The Balaban J connectivity index is 2.27. The van der Waals surface area contributed by atoms with E-state index in [9.17, 15) is 0 Å². The average molecular weight is 128 g/mol. The third-order valence-corrected chi connectivity index (χ3v) is 2.18. The lowest BCUT2D eigenvalue weighted by Crippen LogP contribution is -2.35. The van der Waals surface area contributed by atoms with Gasteiger partial charge in [-0.15, -0.1) is 0 Å². The summed E-state index contributed by atoms with van der Waals surface area (Å²) in [6, 6.07) is 0.819. The molecule has 1 fully saturated rings. The highest BCUT2D eigenvalue weighted by Gasteiger charge is 2.36. The molecule has 0 heterocycles. The molecule has 0 saturated heterocycles. The molecule has 54 valence electrons. The van der Waals surface area contributed by atoms with Gasteiger partial charge in [-0.2, -0.15) is 0 Å². The molecule has 0 aromatic rings. The maximum Gasteiger partial charge on any atom is 0.0271 e. The first-order valence-electron chi connectivity index (χ1n) is 3.53. The van der Waals surface area contributed by atoms with Gasteiger partial charge in [-0.05, 0) is 12.3 Å². The number of nitrogens with zero attached hydrogens (tertiary/aromatic N) is 2. The van der Waals surface area contributed by atoms with Crippen molar-refractivity contribution in [3.8, 4) is 0 Å². The summed E-state index contributed by atoms with van der Waals surface area (Å²) in [5.41, 5.74) is 0. The van der Waals surface area contributed by atoms with Crippen molar-refractivity contribution in [2.45, 2.75) is 19.4 Å². The van der Waals surface area contributed by atoms with Gasteiger partial charge >= 0.3 is 0 Å². The molecule has 0 bridgehead atoms. The highest BCUT2D eigenvalue weighted by atomic mass is 15.6. The fourth-order valence-electron chi connectivity index (χ4n) is 1.12. The van der Waals surface area contributed by atoms with E-state index >= 15 is 0 Å². The summed E-state index contributed by atoms with van der Waals surface area (Å²) < 4.78 is 0. The van der Waals surface area contributed by atoms with Crippen LogP contribution in [0.2, 0.25) is 0 Å². The first kappa shape index (κ1) is 7.03.